The molecule has 1 heterocycles. The van der Waals surface area contributed by atoms with Gasteiger partial charge in [0.25, 0.3) is 5.91 Å². The Labute approximate surface area is 209 Å². The molecular formula is C26H21ClF4N2O3. The molecule has 0 radical (unpaired) electrons. The highest BCUT2D eigenvalue weighted by molar-refractivity contribution is 6.34. The molecule has 4 rings (SSSR count). The van der Waals surface area contributed by atoms with Crippen molar-refractivity contribution >= 4 is 29.1 Å². The van der Waals surface area contributed by atoms with Gasteiger partial charge < -0.3 is 15.0 Å². The summed E-state index contributed by atoms with van der Waals surface area (Å²) >= 11 is 6.30. The minimum atomic E-state index is -4.87. The number of carbonyl (C=O) groups is 2. The average Bonchev–Trinajstić information content (AvgIpc) is 2.85. The first-order valence-corrected chi connectivity index (χ1v) is 11.4. The van der Waals surface area contributed by atoms with Crippen LogP contribution in [0.15, 0.2) is 60.7 Å². The molecule has 1 N–H and O–H groups in total. The van der Waals surface area contributed by atoms with Gasteiger partial charge in [-0.15, -0.1) is 0 Å². The van der Waals surface area contributed by atoms with E-state index in [0.717, 1.165) is 17.7 Å². The van der Waals surface area contributed by atoms with E-state index in [1.807, 2.05) is 6.07 Å². The summed E-state index contributed by atoms with van der Waals surface area (Å²) in [4.78, 5) is 26.9. The molecule has 0 saturated heterocycles. The number of para-hydroxylation sites is 1. The molecule has 0 unspecified atom stereocenters. The van der Waals surface area contributed by atoms with Gasteiger partial charge >= 0.3 is 6.18 Å². The average molecular weight is 521 g/mol. The number of anilines is 1. The Hall–Kier alpha value is -3.59. The van der Waals surface area contributed by atoms with Crippen LogP contribution in [0.3, 0.4) is 0 Å². The van der Waals surface area contributed by atoms with E-state index in [1.165, 1.54) is 0 Å². The summed E-state index contributed by atoms with van der Waals surface area (Å²) in [6.07, 6.45) is -5.08. The highest BCUT2D eigenvalue weighted by Crippen LogP contribution is 2.34. The summed E-state index contributed by atoms with van der Waals surface area (Å²) in [6.45, 7) is 0.503. The molecule has 5 nitrogen and oxygen atoms in total. The highest BCUT2D eigenvalue weighted by Gasteiger charge is 2.35. The number of fused-ring (bicyclic) bond motifs is 1. The Kier molecular flexibility index (Phi) is 7.49. The first-order valence-electron chi connectivity index (χ1n) is 11.0. The molecule has 10 heteroatoms. The number of hydrogen-bond donors (Lipinski definition) is 1. The largest absolute Gasteiger partial charge is 0.484 e. The number of nitrogens with one attached hydrogen (secondary N) is 1. The predicted molar refractivity (Wildman–Crippen MR) is 126 cm³/mol. The lowest BCUT2D eigenvalue weighted by molar-refractivity contribution is -0.140. The molecule has 0 aromatic heterocycles. The van der Waals surface area contributed by atoms with Crippen molar-refractivity contribution in [2.75, 3.05) is 18.5 Å². The zero-order chi connectivity index (χ0) is 25.9. The molecule has 0 atom stereocenters. The molecule has 188 valence electrons. The summed E-state index contributed by atoms with van der Waals surface area (Å²) in [7, 11) is 0. The summed E-state index contributed by atoms with van der Waals surface area (Å²) in [5.41, 5.74) is -0.0193. The number of carbonyl (C=O) groups excluding carboxylic acids is 2. The molecule has 0 saturated carbocycles. The van der Waals surface area contributed by atoms with Crippen molar-refractivity contribution < 1.29 is 31.9 Å². The number of rotatable bonds is 6. The molecule has 2 amide bonds. The summed E-state index contributed by atoms with van der Waals surface area (Å²) in [6, 6.07) is 15.1. The van der Waals surface area contributed by atoms with Gasteiger partial charge in [0.05, 0.1) is 22.7 Å². The molecule has 0 fully saturated rings. The van der Waals surface area contributed by atoms with Crippen molar-refractivity contribution in [2.45, 2.75) is 25.6 Å². The first-order chi connectivity index (χ1) is 17.1. The van der Waals surface area contributed by atoms with Crippen LogP contribution in [0, 0.1) is 5.82 Å². The monoisotopic (exact) mass is 520 g/mol. The van der Waals surface area contributed by atoms with Gasteiger partial charge in [0.2, 0.25) is 5.91 Å². The van der Waals surface area contributed by atoms with E-state index >= 15 is 0 Å². The minimum Gasteiger partial charge on any atom is -0.484 e. The fourth-order valence-electron chi connectivity index (χ4n) is 4.02. The van der Waals surface area contributed by atoms with Crippen molar-refractivity contribution in [3.8, 4) is 5.75 Å². The number of nitrogens with zero attached hydrogens (tertiary/aromatic N) is 1. The quantitative estimate of drug-likeness (QED) is 0.428. The lowest BCUT2D eigenvalue weighted by Gasteiger charge is -2.30. The number of benzene rings is 3. The van der Waals surface area contributed by atoms with Gasteiger partial charge in [-0.2, -0.15) is 13.2 Å². The standard InChI is InChI=1S/C26H21ClF4N2O3/c27-21-10-9-17-14-33(23(35)15-36-18-6-2-1-3-7-18)12-11-19(17)25(21)32-22(34)13-16-5-4-8-20(24(16)28)26(29,30)31/h1-10H,11-15H2,(H,32,34). The smallest absolute Gasteiger partial charge is 0.419 e. The Morgan fingerprint density at radius 1 is 1.03 bits per heavy atom. The van der Waals surface area contributed by atoms with Gasteiger partial charge in [-0.25, -0.2) is 4.39 Å². The molecule has 1 aliphatic rings. The van der Waals surface area contributed by atoms with Crippen LogP contribution in [-0.4, -0.2) is 29.9 Å². The summed E-state index contributed by atoms with van der Waals surface area (Å²) in [5, 5.41) is 2.85. The topological polar surface area (TPSA) is 58.6 Å². The number of ether oxygens (including phenoxy) is 1. The van der Waals surface area contributed by atoms with Crippen molar-refractivity contribution in [2.24, 2.45) is 0 Å². The SMILES string of the molecule is O=C(Cc1cccc(C(F)(F)F)c1F)Nc1c(Cl)ccc2c1CCN(C(=O)COc1ccccc1)C2. The van der Waals surface area contributed by atoms with E-state index in [4.69, 9.17) is 16.3 Å². The predicted octanol–water partition coefficient (Wildman–Crippen LogP) is 5.64. The van der Waals surface area contributed by atoms with Crippen molar-refractivity contribution in [1.29, 1.82) is 0 Å². The van der Waals surface area contributed by atoms with Gasteiger partial charge in [-0.1, -0.05) is 48.0 Å². The third-order valence-electron chi connectivity index (χ3n) is 5.81. The maximum Gasteiger partial charge on any atom is 0.419 e. The van der Waals surface area contributed by atoms with E-state index < -0.39 is 29.9 Å². The van der Waals surface area contributed by atoms with Crippen LogP contribution in [0.25, 0.3) is 0 Å². The van der Waals surface area contributed by atoms with Crippen molar-refractivity contribution in [1.82, 2.24) is 4.90 Å². The van der Waals surface area contributed by atoms with Gasteiger partial charge in [0, 0.05) is 13.1 Å². The van der Waals surface area contributed by atoms with Crippen LogP contribution >= 0.6 is 11.6 Å². The van der Waals surface area contributed by atoms with Crippen LogP contribution in [0.5, 0.6) is 5.75 Å². The highest BCUT2D eigenvalue weighted by atomic mass is 35.5. The number of alkyl halides is 3. The molecule has 0 bridgehead atoms. The van der Waals surface area contributed by atoms with Gasteiger partial charge in [0.15, 0.2) is 6.61 Å². The Morgan fingerprint density at radius 2 is 1.78 bits per heavy atom. The normalized spacial score (nSPS) is 13.2. The molecule has 36 heavy (non-hydrogen) atoms. The van der Waals surface area contributed by atoms with Crippen LogP contribution in [-0.2, 0) is 35.2 Å². The molecule has 3 aromatic carbocycles. The Bertz CT molecular complexity index is 1280. The Balaban J connectivity index is 1.44. The van der Waals surface area contributed by atoms with Crippen LogP contribution < -0.4 is 10.1 Å². The van der Waals surface area contributed by atoms with E-state index in [0.29, 0.717) is 36.0 Å². The first kappa shape index (κ1) is 25.5. The fourth-order valence-corrected chi connectivity index (χ4v) is 4.24. The second-order valence-corrected chi connectivity index (χ2v) is 8.64. The third kappa shape index (κ3) is 5.79. The van der Waals surface area contributed by atoms with Gasteiger partial charge in [-0.05, 0) is 47.4 Å². The van der Waals surface area contributed by atoms with Crippen LogP contribution in [0.2, 0.25) is 5.02 Å². The van der Waals surface area contributed by atoms with Crippen LogP contribution in [0.4, 0.5) is 23.2 Å². The zero-order valence-electron chi connectivity index (χ0n) is 18.9. The molecule has 1 aliphatic heterocycles. The van der Waals surface area contributed by atoms with Crippen molar-refractivity contribution in [3.05, 3.63) is 93.8 Å². The Morgan fingerprint density at radius 3 is 2.50 bits per heavy atom. The summed E-state index contributed by atoms with van der Waals surface area (Å²) in [5.74, 6) is -1.81. The minimum absolute atomic E-state index is 0.126. The van der Waals surface area contributed by atoms with Gasteiger partial charge in [0.1, 0.15) is 11.6 Å². The van der Waals surface area contributed by atoms with Crippen molar-refractivity contribution in [3.63, 3.8) is 0 Å². The molecular weight excluding hydrogens is 500 g/mol. The van der Waals surface area contributed by atoms with E-state index in [-0.39, 0.29) is 29.6 Å². The summed E-state index contributed by atoms with van der Waals surface area (Å²) < 4.78 is 58.8. The third-order valence-corrected chi connectivity index (χ3v) is 6.12. The second kappa shape index (κ2) is 10.6. The maximum atomic E-state index is 14.3. The lowest BCUT2D eigenvalue weighted by Crippen LogP contribution is -2.39. The molecule has 0 aliphatic carbocycles. The second-order valence-electron chi connectivity index (χ2n) is 8.23. The number of halogens is 5. The molecule has 0 spiro atoms. The van der Waals surface area contributed by atoms with Gasteiger partial charge in [-0.3, -0.25) is 9.59 Å². The molecule has 3 aromatic rings. The van der Waals surface area contributed by atoms with Crippen LogP contribution in [0.1, 0.15) is 22.3 Å². The number of hydrogen-bond acceptors (Lipinski definition) is 3. The lowest BCUT2D eigenvalue weighted by atomic mass is 9.97. The zero-order valence-corrected chi connectivity index (χ0v) is 19.6. The van der Waals surface area contributed by atoms with E-state index in [1.54, 1.807) is 41.3 Å². The number of amides is 2. The maximum absolute atomic E-state index is 14.3. The van der Waals surface area contributed by atoms with E-state index in [2.05, 4.69) is 5.32 Å². The fraction of sp³-hybridized carbons (Fsp3) is 0.231. The van der Waals surface area contributed by atoms with E-state index in [9.17, 15) is 27.2 Å².